The third-order valence-corrected chi connectivity index (χ3v) is 6.65. The number of thioether (sulfide) groups is 1. The van der Waals surface area contributed by atoms with Gasteiger partial charge in [0.2, 0.25) is 0 Å². The minimum absolute atomic E-state index is 0.168. The van der Waals surface area contributed by atoms with Gasteiger partial charge < -0.3 is 4.74 Å². The number of hydrogen-bond acceptors (Lipinski definition) is 4. The number of amidine groups is 1. The second kappa shape index (κ2) is 10.6. The van der Waals surface area contributed by atoms with E-state index in [4.69, 9.17) is 32.9 Å². The average Bonchev–Trinajstić information content (AvgIpc) is 3.10. The Morgan fingerprint density at radius 3 is 2.33 bits per heavy atom. The summed E-state index contributed by atoms with van der Waals surface area (Å²) in [4.78, 5) is 20.2. The molecule has 1 saturated heterocycles. The Hall–Kier alpha value is -2.51. The number of rotatable bonds is 6. The maximum absolute atomic E-state index is 13.4. The molecule has 3 aromatic carbocycles. The molecule has 3 aromatic rings. The number of carbonyl (C=O) groups excluding carboxylic acids is 1. The maximum Gasteiger partial charge on any atom is 0.271 e. The molecule has 8 heteroatoms. The van der Waals surface area contributed by atoms with Gasteiger partial charge in [0.05, 0.1) is 20.8 Å². The highest BCUT2D eigenvalue weighted by Gasteiger charge is 2.34. The van der Waals surface area contributed by atoms with Gasteiger partial charge in [-0.1, -0.05) is 41.9 Å². The fraction of sp³-hybridized carbons (Fsp3) is 0.0400. The maximum atomic E-state index is 13.4. The molecule has 166 valence electrons. The van der Waals surface area contributed by atoms with E-state index in [1.165, 1.54) is 11.8 Å². The van der Waals surface area contributed by atoms with E-state index in [9.17, 15) is 4.79 Å². The van der Waals surface area contributed by atoms with Gasteiger partial charge in [-0.25, -0.2) is 4.99 Å². The van der Waals surface area contributed by atoms with Crippen LogP contribution in [0.4, 0.5) is 11.4 Å². The van der Waals surface area contributed by atoms with Crippen LogP contribution in [0.1, 0.15) is 5.56 Å². The molecule has 0 radical (unpaired) electrons. The van der Waals surface area contributed by atoms with Crippen LogP contribution in [0.5, 0.6) is 5.75 Å². The van der Waals surface area contributed by atoms with E-state index in [1.54, 1.807) is 59.5 Å². The quantitative estimate of drug-likeness (QED) is 0.226. The number of hydrogen-bond donors (Lipinski definition) is 0. The van der Waals surface area contributed by atoms with E-state index in [-0.39, 0.29) is 5.91 Å². The third kappa shape index (κ3) is 5.71. The van der Waals surface area contributed by atoms with E-state index in [1.807, 2.05) is 24.3 Å². The number of halogens is 3. The van der Waals surface area contributed by atoms with Gasteiger partial charge in [0.1, 0.15) is 12.4 Å². The summed E-state index contributed by atoms with van der Waals surface area (Å²) < 4.78 is 6.39. The Balaban J connectivity index is 1.71. The second-order valence-corrected chi connectivity index (χ2v) is 9.62. The van der Waals surface area contributed by atoms with Crippen molar-refractivity contribution < 1.29 is 9.53 Å². The minimum Gasteiger partial charge on any atom is -0.488 e. The number of carbonyl (C=O) groups is 1. The summed E-state index contributed by atoms with van der Waals surface area (Å²) in [6.07, 6.45) is 3.52. The second-order valence-electron chi connectivity index (χ2n) is 6.89. The molecule has 0 aliphatic carbocycles. The standard InChI is InChI=1S/C25H17BrCl2N2O2S/c1-2-13-32-22-12-3-16(14-21(22)26)15-23-24(31)30(20-10-6-18(28)7-11-20)25(33-23)29-19-8-4-17(27)5-9-19/h2-12,14-15H,1,13H2/b23-15-,29-25?. The smallest absolute Gasteiger partial charge is 0.271 e. The molecule has 0 atom stereocenters. The monoisotopic (exact) mass is 558 g/mol. The predicted octanol–water partition coefficient (Wildman–Crippen LogP) is 8.13. The van der Waals surface area contributed by atoms with Crippen LogP contribution in [0.2, 0.25) is 10.0 Å². The molecule has 0 saturated carbocycles. The molecule has 1 heterocycles. The molecule has 1 aliphatic rings. The van der Waals surface area contributed by atoms with Gasteiger partial charge in [-0.15, -0.1) is 0 Å². The highest BCUT2D eigenvalue weighted by molar-refractivity contribution is 9.10. The summed E-state index contributed by atoms with van der Waals surface area (Å²) in [5, 5.41) is 1.75. The Bertz CT molecular complexity index is 1260. The lowest BCUT2D eigenvalue weighted by molar-refractivity contribution is -0.113. The zero-order valence-corrected chi connectivity index (χ0v) is 21.1. The SMILES string of the molecule is C=CCOc1ccc(/C=C2\SC(=Nc3ccc(Cl)cc3)N(c3ccc(Cl)cc3)C2=O)cc1Br. The number of nitrogens with zero attached hydrogens (tertiary/aromatic N) is 2. The first-order valence-corrected chi connectivity index (χ1v) is 12.2. The number of anilines is 1. The lowest BCUT2D eigenvalue weighted by Crippen LogP contribution is -2.28. The molecular formula is C25H17BrCl2N2O2S. The van der Waals surface area contributed by atoms with Crippen molar-refractivity contribution in [2.45, 2.75) is 0 Å². The van der Waals surface area contributed by atoms with Crippen LogP contribution in [-0.4, -0.2) is 17.7 Å². The zero-order chi connectivity index (χ0) is 23.4. The van der Waals surface area contributed by atoms with Gasteiger partial charge in [-0.05, 0) is 100.0 Å². The van der Waals surface area contributed by atoms with Crippen molar-refractivity contribution in [3.05, 3.63) is 104 Å². The van der Waals surface area contributed by atoms with Gasteiger partial charge >= 0.3 is 0 Å². The zero-order valence-electron chi connectivity index (χ0n) is 17.2. The fourth-order valence-electron chi connectivity index (χ4n) is 3.02. The molecule has 1 aliphatic heterocycles. The van der Waals surface area contributed by atoms with E-state index in [2.05, 4.69) is 22.5 Å². The number of benzene rings is 3. The molecule has 0 bridgehead atoms. The number of aliphatic imine (C=N–C) groups is 1. The van der Waals surface area contributed by atoms with E-state index >= 15 is 0 Å². The lowest BCUT2D eigenvalue weighted by atomic mass is 10.2. The highest BCUT2D eigenvalue weighted by Crippen LogP contribution is 2.38. The fourth-order valence-corrected chi connectivity index (χ4v) is 4.78. The molecule has 0 unspecified atom stereocenters. The molecule has 33 heavy (non-hydrogen) atoms. The van der Waals surface area contributed by atoms with Crippen LogP contribution in [-0.2, 0) is 4.79 Å². The van der Waals surface area contributed by atoms with Gasteiger partial charge in [0.15, 0.2) is 5.17 Å². The van der Waals surface area contributed by atoms with Crippen molar-refractivity contribution in [3.8, 4) is 5.75 Å². The van der Waals surface area contributed by atoms with Crippen molar-refractivity contribution in [2.75, 3.05) is 11.5 Å². The average molecular weight is 560 g/mol. The van der Waals surface area contributed by atoms with Gasteiger partial charge in [0, 0.05) is 10.0 Å². The first kappa shape index (κ1) is 23.6. The molecule has 1 amide bonds. The van der Waals surface area contributed by atoms with Crippen molar-refractivity contribution in [3.63, 3.8) is 0 Å². The summed E-state index contributed by atoms with van der Waals surface area (Å²) in [5.41, 5.74) is 2.23. The summed E-state index contributed by atoms with van der Waals surface area (Å²) in [5.74, 6) is 0.536. The first-order valence-electron chi connectivity index (χ1n) is 9.81. The molecule has 4 nitrogen and oxygen atoms in total. The van der Waals surface area contributed by atoms with Gasteiger partial charge in [0.25, 0.3) is 5.91 Å². The Kier molecular flexibility index (Phi) is 7.60. The number of ether oxygens (including phenoxy) is 1. The van der Waals surface area contributed by atoms with Crippen LogP contribution >= 0.6 is 50.9 Å². The van der Waals surface area contributed by atoms with Crippen LogP contribution in [0.3, 0.4) is 0 Å². The van der Waals surface area contributed by atoms with Gasteiger partial charge in [-0.2, -0.15) is 0 Å². The van der Waals surface area contributed by atoms with Crippen LogP contribution in [0.15, 0.2) is 93.8 Å². The van der Waals surface area contributed by atoms with Crippen molar-refractivity contribution in [2.24, 2.45) is 4.99 Å². The normalized spacial score (nSPS) is 16.0. The summed E-state index contributed by atoms with van der Waals surface area (Å²) in [7, 11) is 0. The molecule has 0 aromatic heterocycles. The van der Waals surface area contributed by atoms with Crippen molar-refractivity contribution in [1.82, 2.24) is 0 Å². The molecule has 0 spiro atoms. The Morgan fingerprint density at radius 1 is 1.03 bits per heavy atom. The molecular weight excluding hydrogens is 543 g/mol. The van der Waals surface area contributed by atoms with Crippen LogP contribution in [0.25, 0.3) is 6.08 Å². The largest absolute Gasteiger partial charge is 0.488 e. The Labute approximate surface area is 214 Å². The molecule has 4 rings (SSSR count). The molecule has 1 fully saturated rings. The Morgan fingerprint density at radius 2 is 1.70 bits per heavy atom. The summed E-state index contributed by atoms with van der Waals surface area (Å²) in [6.45, 7) is 4.07. The molecule has 0 N–H and O–H groups in total. The van der Waals surface area contributed by atoms with E-state index < -0.39 is 0 Å². The first-order chi connectivity index (χ1) is 15.9. The minimum atomic E-state index is -0.168. The van der Waals surface area contributed by atoms with E-state index in [0.29, 0.717) is 43.8 Å². The van der Waals surface area contributed by atoms with Crippen molar-refractivity contribution >= 4 is 79.4 Å². The predicted molar refractivity (Wildman–Crippen MR) is 143 cm³/mol. The third-order valence-electron chi connectivity index (χ3n) is 4.55. The van der Waals surface area contributed by atoms with E-state index in [0.717, 1.165) is 10.0 Å². The van der Waals surface area contributed by atoms with Crippen LogP contribution < -0.4 is 9.64 Å². The summed E-state index contributed by atoms with van der Waals surface area (Å²) >= 11 is 16.9. The van der Waals surface area contributed by atoms with Gasteiger partial charge in [-0.3, -0.25) is 9.69 Å². The lowest BCUT2D eigenvalue weighted by Gasteiger charge is -2.15. The highest BCUT2D eigenvalue weighted by atomic mass is 79.9. The van der Waals surface area contributed by atoms with Crippen LogP contribution in [0, 0.1) is 0 Å². The van der Waals surface area contributed by atoms with Crippen molar-refractivity contribution in [1.29, 1.82) is 0 Å². The topological polar surface area (TPSA) is 41.9 Å². The summed E-state index contributed by atoms with van der Waals surface area (Å²) in [6, 6.07) is 19.9. The number of amides is 1.